The molecule has 0 bridgehead atoms. The van der Waals surface area contributed by atoms with Gasteiger partial charge in [0, 0.05) is 36.6 Å². The Morgan fingerprint density at radius 3 is 2.50 bits per heavy atom. The molecular weight excluding hydrogens is 520 g/mol. The number of anilines is 1. The molecule has 1 heterocycles. The predicted octanol–water partition coefficient (Wildman–Crippen LogP) is 4.36. The maximum atomic E-state index is 14.2. The maximum Gasteiger partial charge on any atom is 0.337 e. The third kappa shape index (κ3) is 5.91. The van der Waals surface area contributed by atoms with Gasteiger partial charge in [-0.1, -0.05) is 30.3 Å². The molecule has 1 aliphatic carbocycles. The number of benzene rings is 2. The molecule has 9 nitrogen and oxygen atoms in total. The van der Waals surface area contributed by atoms with Gasteiger partial charge in [0.1, 0.15) is 0 Å². The van der Waals surface area contributed by atoms with Gasteiger partial charge in [-0.05, 0) is 50.3 Å². The van der Waals surface area contributed by atoms with E-state index < -0.39 is 35.1 Å². The van der Waals surface area contributed by atoms with E-state index in [9.17, 15) is 28.4 Å². The van der Waals surface area contributed by atoms with Crippen molar-refractivity contribution in [3.05, 3.63) is 77.0 Å². The molecule has 1 aliphatic heterocycles. The van der Waals surface area contributed by atoms with Crippen molar-refractivity contribution in [1.29, 1.82) is 5.26 Å². The highest BCUT2D eigenvalue weighted by Gasteiger charge is 2.39. The van der Waals surface area contributed by atoms with E-state index >= 15 is 0 Å². The Labute approximate surface area is 231 Å². The van der Waals surface area contributed by atoms with Crippen LogP contribution in [0.2, 0.25) is 0 Å². The molecule has 0 aromatic heterocycles. The van der Waals surface area contributed by atoms with Crippen LogP contribution < -0.4 is 15.5 Å². The van der Waals surface area contributed by atoms with Crippen molar-refractivity contribution in [3.63, 3.8) is 0 Å². The second-order valence-electron chi connectivity index (χ2n) is 9.93. The molecule has 4 amide bonds. The topological polar surface area (TPSA) is 115 Å². The molecule has 2 aromatic carbocycles. The smallest absolute Gasteiger partial charge is 0.337 e. The number of nitrogens with one attached hydrogen (secondary N) is 2. The molecule has 2 aliphatic rings. The molecule has 2 aromatic rings. The molecule has 4 rings (SSSR count). The van der Waals surface area contributed by atoms with Crippen LogP contribution in [-0.2, 0) is 14.9 Å². The lowest BCUT2D eigenvalue weighted by molar-refractivity contribution is -0.136. The first-order valence-electron chi connectivity index (χ1n) is 13.0. The van der Waals surface area contributed by atoms with Gasteiger partial charge in [-0.2, -0.15) is 5.26 Å². The number of ether oxygens (including phenoxy) is 1. The molecule has 40 heavy (non-hydrogen) atoms. The Bertz CT molecular complexity index is 1350. The minimum Gasteiger partial charge on any atom is -0.466 e. The number of hydrogen-bond donors (Lipinski definition) is 2. The fraction of sp³-hybridized carbons (Fsp3) is 0.379. The number of halogens is 2. The number of nitrogens with zero attached hydrogens (tertiary/aromatic N) is 3. The van der Waals surface area contributed by atoms with Crippen LogP contribution in [0.5, 0.6) is 0 Å². The van der Waals surface area contributed by atoms with Gasteiger partial charge < -0.3 is 20.3 Å². The van der Waals surface area contributed by atoms with Crippen LogP contribution in [0.15, 0.2) is 59.8 Å². The van der Waals surface area contributed by atoms with E-state index in [2.05, 4.69) is 16.7 Å². The molecule has 11 heteroatoms. The first-order valence-corrected chi connectivity index (χ1v) is 13.0. The Morgan fingerprint density at radius 2 is 1.88 bits per heavy atom. The molecule has 210 valence electrons. The second kappa shape index (κ2) is 12.2. The fourth-order valence-electron chi connectivity index (χ4n) is 5.35. The first kappa shape index (κ1) is 28.5. The number of nitriles is 1. The van der Waals surface area contributed by atoms with E-state index in [0.29, 0.717) is 37.1 Å². The van der Waals surface area contributed by atoms with E-state index in [4.69, 9.17) is 4.74 Å². The van der Waals surface area contributed by atoms with Gasteiger partial charge in [0.15, 0.2) is 11.6 Å². The summed E-state index contributed by atoms with van der Waals surface area (Å²) in [6, 6.07) is 14.3. The third-order valence-corrected chi connectivity index (χ3v) is 7.64. The maximum absolute atomic E-state index is 14.2. The summed E-state index contributed by atoms with van der Waals surface area (Å²) in [5.74, 6) is -2.60. The van der Waals surface area contributed by atoms with Gasteiger partial charge in [-0.25, -0.2) is 28.1 Å². The van der Waals surface area contributed by atoms with Gasteiger partial charge in [-0.3, -0.25) is 0 Å². The summed E-state index contributed by atoms with van der Waals surface area (Å²) >= 11 is 0. The minimum atomic E-state index is -0.986. The van der Waals surface area contributed by atoms with Crippen molar-refractivity contribution in [2.75, 3.05) is 31.6 Å². The number of imide groups is 1. The standard InChI is InChI=1S/C29H31F2N5O4/c1-19-23(26(37)40-2)17-36(28(39)34-19)27(38)33-14-15-35(22-8-9-24(30)25(31)16-22)21-10-12-29(18-32,13-11-21)20-6-4-3-5-7-20/h3-9,16,21H,10-15,17H2,1-2H3,(H,33,38)(H,34,39). The molecule has 0 spiro atoms. The summed E-state index contributed by atoms with van der Waals surface area (Å²) in [7, 11) is 1.21. The zero-order valence-corrected chi connectivity index (χ0v) is 22.4. The number of rotatable bonds is 7. The number of allylic oxidation sites excluding steroid dienone is 1. The van der Waals surface area contributed by atoms with E-state index in [1.54, 1.807) is 6.92 Å². The number of urea groups is 2. The summed E-state index contributed by atoms with van der Waals surface area (Å²) in [5, 5.41) is 15.2. The van der Waals surface area contributed by atoms with Crippen molar-refractivity contribution in [3.8, 4) is 6.07 Å². The Balaban J connectivity index is 1.46. The highest BCUT2D eigenvalue weighted by atomic mass is 19.2. The average Bonchev–Trinajstić information content (AvgIpc) is 2.97. The normalized spacial score (nSPS) is 20.8. The van der Waals surface area contributed by atoms with Crippen molar-refractivity contribution in [2.45, 2.75) is 44.1 Å². The van der Waals surface area contributed by atoms with E-state index in [1.165, 1.54) is 13.2 Å². The van der Waals surface area contributed by atoms with Crippen LogP contribution in [0.4, 0.5) is 24.1 Å². The summed E-state index contributed by atoms with van der Waals surface area (Å²) in [5.41, 5.74) is 1.24. The molecule has 0 radical (unpaired) electrons. The van der Waals surface area contributed by atoms with Gasteiger partial charge in [0.05, 0.1) is 30.7 Å². The van der Waals surface area contributed by atoms with Crippen LogP contribution in [0.1, 0.15) is 38.2 Å². The van der Waals surface area contributed by atoms with Crippen molar-refractivity contribution >= 4 is 23.7 Å². The highest BCUT2D eigenvalue weighted by molar-refractivity contribution is 6.00. The second-order valence-corrected chi connectivity index (χ2v) is 9.93. The Hall–Kier alpha value is -4.46. The monoisotopic (exact) mass is 551 g/mol. The van der Waals surface area contributed by atoms with Gasteiger partial charge in [-0.15, -0.1) is 0 Å². The highest BCUT2D eigenvalue weighted by Crippen LogP contribution is 2.41. The van der Waals surface area contributed by atoms with Gasteiger partial charge in [0.2, 0.25) is 0 Å². The number of carbonyl (C=O) groups excluding carboxylic acids is 3. The number of carbonyl (C=O) groups is 3. The predicted molar refractivity (Wildman–Crippen MR) is 143 cm³/mol. The third-order valence-electron chi connectivity index (χ3n) is 7.64. The quantitative estimate of drug-likeness (QED) is 0.495. The van der Waals surface area contributed by atoms with Crippen molar-refractivity contribution in [1.82, 2.24) is 15.5 Å². The number of esters is 1. The number of methoxy groups -OCH3 is 1. The van der Waals surface area contributed by atoms with Crippen LogP contribution in [0.25, 0.3) is 0 Å². The van der Waals surface area contributed by atoms with Crippen LogP contribution in [-0.4, -0.2) is 55.7 Å². The SMILES string of the molecule is COC(=O)C1=C(C)NC(=O)N(C(=O)NCCN(c2ccc(F)c(F)c2)C2CCC(C#N)(c3ccccc3)CC2)C1. The summed E-state index contributed by atoms with van der Waals surface area (Å²) in [6.07, 6.45) is 2.41. The van der Waals surface area contributed by atoms with Crippen LogP contribution in [0.3, 0.4) is 0 Å². The summed E-state index contributed by atoms with van der Waals surface area (Å²) in [6.45, 7) is 1.61. The fourth-order valence-corrected chi connectivity index (χ4v) is 5.35. The molecular formula is C29H31F2N5O4. The number of hydrogen-bond acceptors (Lipinski definition) is 6. The Kier molecular flexibility index (Phi) is 8.67. The molecule has 2 N–H and O–H groups in total. The Morgan fingerprint density at radius 1 is 1.18 bits per heavy atom. The molecule has 0 unspecified atom stereocenters. The summed E-state index contributed by atoms with van der Waals surface area (Å²) < 4.78 is 32.6. The molecule has 1 fully saturated rings. The van der Waals surface area contributed by atoms with Gasteiger partial charge >= 0.3 is 18.0 Å². The zero-order chi connectivity index (χ0) is 28.9. The van der Waals surface area contributed by atoms with Crippen molar-refractivity contribution in [2.24, 2.45) is 0 Å². The lowest BCUT2D eigenvalue weighted by Gasteiger charge is -2.41. The van der Waals surface area contributed by atoms with E-state index in [-0.39, 0.29) is 31.2 Å². The summed E-state index contributed by atoms with van der Waals surface area (Å²) in [4.78, 5) is 40.0. The minimum absolute atomic E-state index is 0.0798. The molecule has 0 saturated heterocycles. The van der Waals surface area contributed by atoms with Crippen molar-refractivity contribution < 1.29 is 27.9 Å². The van der Waals surface area contributed by atoms with Crippen LogP contribution >= 0.6 is 0 Å². The number of amides is 4. The molecule has 0 atom stereocenters. The van der Waals surface area contributed by atoms with E-state index in [0.717, 1.165) is 22.6 Å². The van der Waals surface area contributed by atoms with Crippen LogP contribution in [0, 0.1) is 23.0 Å². The lowest BCUT2D eigenvalue weighted by Crippen LogP contribution is -2.54. The van der Waals surface area contributed by atoms with E-state index in [1.807, 2.05) is 35.2 Å². The largest absolute Gasteiger partial charge is 0.466 e. The van der Waals surface area contributed by atoms with Gasteiger partial charge in [0.25, 0.3) is 0 Å². The average molecular weight is 552 g/mol. The lowest BCUT2D eigenvalue weighted by atomic mass is 9.69. The zero-order valence-electron chi connectivity index (χ0n) is 22.4. The molecule has 1 saturated carbocycles. The first-order chi connectivity index (χ1) is 19.2.